The molecule has 0 aliphatic carbocycles. The highest BCUT2D eigenvalue weighted by molar-refractivity contribution is 7.80. The van der Waals surface area contributed by atoms with Gasteiger partial charge in [0, 0.05) is 25.8 Å². The topological polar surface area (TPSA) is 47.6 Å². The van der Waals surface area contributed by atoms with Gasteiger partial charge in [0.05, 0.1) is 6.54 Å². The van der Waals surface area contributed by atoms with Gasteiger partial charge in [-0.2, -0.15) is 0 Å². The van der Waals surface area contributed by atoms with Crippen LogP contribution in [0.2, 0.25) is 0 Å². The zero-order valence-electron chi connectivity index (χ0n) is 13.1. The summed E-state index contributed by atoms with van der Waals surface area (Å²) >= 11 is 5.25. The van der Waals surface area contributed by atoms with Crippen LogP contribution in [0, 0.1) is 6.92 Å². The average molecular weight is 308 g/mol. The first-order chi connectivity index (χ1) is 9.88. The fourth-order valence-corrected chi connectivity index (χ4v) is 1.81. The zero-order valence-corrected chi connectivity index (χ0v) is 14.0. The normalized spacial score (nSPS) is 10.3. The Hall–Kier alpha value is -1.66. The fourth-order valence-electron chi connectivity index (χ4n) is 1.65. The standard InChI is InChI=1S/C15H24N4OS/c1-12-5-7-13(8-6-12)17-14(20)11-19(4)15(21)16-9-10-18(2)3/h5-8H,9-11H2,1-4H3,(H,16,21)(H,17,20). The maximum Gasteiger partial charge on any atom is 0.243 e. The number of carbonyl (C=O) groups excluding carboxylic acids is 1. The van der Waals surface area contributed by atoms with E-state index in [1.807, 2.05) is 45.3 Å². The van der Waals surface area contributed by atoms with Gasteiger partial charge in [-0.15, -0.1) is 0 Å². The summed E-state index contributed by atoms with van der Waals surface area (Å²) in [4.78, 5) is 15.7. The van der Waals surface area contributed by atoms with E-state index in [1.165, 1.54) is 0 Å². The Bertz CT molecular complexity index is 473. The molecule has 0 heterocycles. The van der Waals surface area contributed by atoms with Crippen LogP contribution >= 0.6 is 12.2 Å². The first kappa shape index (κ1) is 17.4. The molecule has 6 heteroatoms. The average Bonchev–Trinajstić information content (AvgIpc) is 2.40. The quantitative estimate of drug-likeness (QED) is 0.776. The van der Waals surface area contributed by atoms with Crippen LogP contribution < -0.4 is 10.6 Å². The van der Waals surface area contributed by atoms with Crippen molar-refractivity contribution in [2.45, 2.75) is 6.92 Å². The summed E-state index contributed by atoms with van der Waals surface area (Å²) in [6, 6.07) is 7.71. The van der Waals surface area contributed by atoms with Crippen LogP contribution in [-0.2, 0) is 4.79 Å². The number of aryl methyl sites for hydroxylation is 1. The predicted molar refractivity (Wildman–Crippen MR) is 91.6 cm³/mol. The van der Waals surface area contributed by atoms with E-state index in [0.29, 0.717) is 5.11 Å². The highest BCUT2D eigenvalue weighted by Gasteiger charge is 2.09. The van der Waals surface area contributed by atoms with Crippen molar-refractivity contribution in [1.82, 2.24) is 15.1 Å². The van der Waals surface area contributed by atoms with E-state index in [0.717, 1.165) is 24.3 Å². The van der Waals surface area contributed by atoms with E-state index in [2.05, 4.69) is 15.5 Å². The molecule has 5 nitrogen and oxygen atoms in total. The second-order valence-electron chi connectivity index (χ2n) is 5.31. The molecule has 21 heavy (non-hydrogen) atoms. The molecular formula is C15H24N4OS. The lowest BCUT2D eigenvalue weighted by molar-refractivity contribution is -0.116. The van der Waals surface area contributed by atoms with Crippen molar-refractivity contribution in [2.75, 3.05) is 46.1 Å². The first-order valence-electron chi connectivity index (χ1n) is 6.88. The molecule has 0 aromatic heterocycles. The summed E-state index contributed by atoms with van der Waals surface area (Å²) in [6.45, 7) is 3.89. The minimum absolute atomic E-state index is 0.0851. The van der Waals surface area contributed by atoms with E-state index >= 15 is 0 Å². The van der Waals surface area contributed by atoms with Gasteiger partial charge in [-0.25, -0.2) is 0 Å². The van der Waals surface area contributed by atoms with Crippen LogP contribution in [0.1, 0.15) is 5.56 Å². The van der Waals surface area contributed by atoms with Gasteiger partial charge in [0.15, 0.2) is 5.11 Å². The Labute approximate surface area is 132 Å². The molecule has 0 bridgehead atoms. The van der Waals surface area contributed by atoms with Crippen molar-refractivity contribution in [3.63, 3.8) is 0 Å². The highest BCUT2D eigenvalue weighted by atomic mass is 32.1. The van der Waals surface area contributed by atoms with Crippen LogP contribution in [-0.4, -0.2) is 61.6 Å². The smallest absolute Gasteiger partial charge is 0.243 e. The molecule has 0 saturated heterocycles. The molecule has 0 unspecified atom stereocenters. The molecule has 1 aromatic carbocycles. The first-order valence-corrected chi connectivity index (χ1v) is 7.29. The molecular weight excluding hydrogens is 284 g/mol. The summed E-state index contributed by atoms with van der Waals surface area (Å²) in [5.41, 5.74) is 1.96. The lowest BCUT2D eigenvalue weighted by atomic mass is 10.2. The number of nitrogens with zero attached hydrogens (tertiary/aromatic N) is 2. The van der Waals surface area contributed by atoms with Crippen LogP contribution in [0.3, 0.4) is 0 Å². The Kier molecular flexibility index (Phi) is 7.11. The zero-order chi connectivity index (χ0) is 15.8. The van der Waals surface area contributed by atoms with E-state index in [1.54, 1.807) is 11.9 Å². The summed E-state index contributed by atoms with van der Waals surface area (Å²) < 4.78 is 0. The van der Waals surface area contributed by atoms with Gasteiger partial charge in [0.25, 0.3) is 0 Å². The lowest BCUT2D eigenvalue weighted by Crippen LogP contribution is -2.43. The van der Waals surface area contributed by atoms with Gasteiger partial charge < -0.3 is 20.4 Å². The third-order valence-electron chi connectivity index (χ3n) is 2.90. The van der Waals surface area contributed by atoms with Crippen molar-refractivity contribution < 1.29 is 4.79 Å². The molecule has 1 rings (SSSR count). The van der Waals surface area contributed by atoms with Crippen LogP contribution in [0.15, 0.2) is 24.3 Å². The molecule has 0 saturated carbocycles. The van der Waals surface area contributed by atoms with Crippen molar-refractivity contribution >= 4 is 28.9 Å². The number of carbonyl (C=O) groups is 1. The number of hydrogen-bond donors (Lipinski definition) is 2. The second kappa shape index (κ2) is 8.59. The monoisotopic (exact) mass is 308 g/mol. The van der Waals surface area contributed by atoms with Gasteiger partial charge in [-0.3, -0.25) is 4.79 Å². The van der Waals surface area contributed by atoms with Crippen molar-refractivity contribution in [2.24, 2.45) is 0 Å². The SMILES string of the molecule is Cc1ccc(NC(=O)CN(C)C(=S)NCCN(C)C)cc1. The molecule has 0 fully saturated rings. The minimum Gasteiger partial charge on any atom is -0.361 e. The van der Waals surface area contributed by atoms with Gasteiger partial charge in [-0.05, 0) is 45.4 Å². The number of rotatable bonds is 6. The van der Waals surface area contributed by atoms with Gasteiger partial charge in [-0.1, -0.05) is 17.7 Å². The fraction of sp³-hybridized carbons (Fsp3) is 0.467. The molecule has 0 aliphatic heterocycles. The third kappa shape index (κ3) is 7.06. The Morgan fingerprint density at radius 1 is 1.19 bits per heavy atom. The van der Waals surface area contributed by atoms with Gasteiger partial charge >= 0.3 is 0 Å². The Morgan fingerprint density at radius 2 is 1.81 bits per heavy atom. The number of benzene rings is 1. The van der Waals surface area contributed by atoms with E-state index < -0.39 is 0 Å². The number of nitrogens with one attached hydrogen (secondary N) is 2. The minimum atomic E-state index is -0.0851. The molecule has 2 N–H and O–H groups in total. The van der Waals surface area contributed by atoms with Crippen LogP contribution in [0.25, 0.3) is 0 Å². The molecule has 0 atom stereocenters. The van der Waals surface area contributed by atoms with Crippen molar-refractivity contribution in [3.8, 4) is 0 Å². The van der Waals surface area contributed by atoms with E-state index in [-0.39, 0.29) is 12.5 Å². The summed E-state index contributed by atoms with van der Waals surface area (Å²) in [5.74, 6) is -0.0851. The Balaban J connectivity index is 2.35. The lowest BCUT2D eigenvalue weighted by Gasteiger charge is -2.21. The molecule has 0 aliphatic rings. The number of thiocarbonyl (C=S) groups is 1. The number of anilines is 1. The van der Waals surface area contributed by atoms with Crippen LogP contribution in [0.4, 0.5) is 5.69 Å². The highest BCUT2D eigenvalue weighted by Crippen LogP contribution is 2.08. The molecule has 1 amide bonds. The molecule has 116 valence electrons. The summed E-state index contributed by atoms with van der Waals surface area (Å²) in [6.07, 6.45) is 0. The largest absolute Gasteiger partial charge is 0.361 e. The summed E-state index contributed by atoms with van der Waals surface area (Å²) in [7, 11) is 5.81. The second-order valence-corrected chi connectivity index (χ2v) is 5.69. The maximum absolute atomic E-state index is 11.9. The van der Waals surface area contributed by atoms with Crippen LogP contribution in [0.5, 0.6) is 0 Å². The van der Waals surface area contributed by atoms with Gasteiger partial charge in [0.2, 0.25) is 5.91 Å². The molecule has 0 spiro atoms. The van der Waals surface area contributed by atoms with E-state index in [4.69, 9.17) is 12.2 Å². The van der Waals surface area contributed by atoms with Gasteiger partial charge in [0.1, 0.15) is 0 Å². The molecule has 1 aromatic rings. The number of amides is 1. The molecule has 0 radical (unpaired) electrons. The Morgan fingerprint density at radius 3 is 2.38 bits per heavy atom. The van der Waals surface area contributed by atoms with Crippen molar-refractivity contribution in [1.29, 1.82) is 0 Å². The maximum atomic E-state index is 11.9. The van der Waals surface area contributed by atoms with Crippen molar-refractivity contribution in [3.05, 3.63) is 29.8 Å². The summed E-state index contributed by atoms with van der Waals surface area (Å²) in [5, 5.41) is 6.56. The van der Waals surface area contributed by atoms with E-state index in [9.17, 15) is 4.79 Å². The number of hydrogen-bond acceptors (Lipinski definition) is 3. The predicted octanol–water partition coefficient (Wildman–Crippen LogP) is 1.30. The third-order valence-corrected chi connectivity index (χ3v) is 3.35. The number of likely N-dealkylation sites (N-methyl/N-ethyl adjacent to an activating group) is 2.